The van der Waals surface area contributed by atoms with Crippen molar-refractivity contribution in [1.29, 1.82) is 0 Å². The molecule has 4 rings (SSSR count). The average Bonchev–Trinajstić information content (AvgIpc) is 2.95. The fourth-order valence-corrected chi connectivity index (χ4v) is 3.82. The number of benzene rings is 2. The Labute approximate surface area is 159 Å². The molecule has 5 heteroatoms. The summed E-state index contributed by atoms with van der Waals surface area (Å²) in [6.07, 6.45) is 1.93. The van der Waals surface area contributed by atoms with Gasteiger partial charge in [-0.05, 0) is 31.4 Å². The Hall–Kier alpha value is -2.40. The van der Waals surface area contributed by atoms with Crippen LogP contribution in [-0.4, -0.2) is 33.5 Å². The summed E-state index contributed by atoms with van der Waals surface area (Å²) in [5.41, 5.74) is 5.48. The van der Waals surface area contributed by atoms with Gasteiger partial charge in [0.1, 0.15) is 22.4 Å². The van der Waals surface area contributed by atoms with Gasteiger partial charge in [0.05, 0.1) is 5.52 Å². The quantitative estimate of drug-likeness (QED) is 0.637. The number of rotatable bonds is 2. The van der Waals surface area contributed by atoms with Gasteiger partial charge in [0.2, 0.25) is 0 Å². The lowest BCUT2D eigenvalue weighted by atomic mass is 9.93. The third kappa shape index (κ3) is 2.67. The minimum atomic E-state index is 0.0531. The van der Waals surface area contributed by atoms with Crippen LogP contribution in [0, 0.1) is 6.92 Å². The van der Waals surface area contributed by atoms with Crippen molar-refractivity contribution < 1.29 is 4.74 Å². The molecule has 0 saturated heterocycles. The number of nitrogens with zero attached hydrogens (tertiary/aromatic N) is 3. The first-order valence-electron chi connectivity index (χ1n) is 8.89. The molecule has 0 spiro atoms. The zero-order chi connectivity index (χ0) is 18.4. The Morgan fingerprint density at radius 1 is 1.27 bits per heavy atom. The molecule has 0 N–H and O–H groups in total. The van der Waals surface area contributed by atoms with Crippen molar-refractivity contribution in [2.24, 2.45) is 7.05 Å². The first-order chi connectivity index (χ1) is 12.5. The number of hydrogen-bond donors (Lipinski definition) is 0. The number of ether oxygens (including phenoxy) is 1. The number of aryl methyl sites for hydroxylation is 2. The van der Waals surface area contributed by atoms with E-state index in [2.05, 4.69) is 34.9 Å². The molecule has 2 aromatic carbocycles. The van der Waals surface area contributed by atoms with Crippen molar-refractivity contribution in [1.82, 2.24) is 14.5 Å². The minimum Gasteiger partial charge on any atom is -0.483 e. The second-order valence-corrected chi connectivity index (χ2v) is 7.46. The van der Waals surface area contributed by atoms with Gasteiger partial charge < -0.3 is 14.2 Å². The monoisotopic (exact) mass is 365 g/mol. The molecule has 26 heavy (non-hydrogen) atoms. The topological polar surface area (TPSA) is 30.3 Å². The number of hydrogen-bond acceptors (Lipinski definition) is 3. The van der Waals surface area contributed by atoms with E-state index in [0.717, 1.165) is 46.0 Å². The van der Waals surface area contributed by atoms with Crippen molar-refractivity contribution in [3.63, 3.8) is 0 Å². The highest BCUT2D eigenvalue weighted by atomic mass is 32.1. The van der Waals surface area contributed by atoms with E-state index in [0.29, 0.717) is 0 Å². The maximum Gasteiger partial charge on any atom is 0.151 e. The molecule has 0 aliphatic carbocycles. The Morgan fingerprint density at radius 3 is 2.69 bits per heavy atom. The molecule has 1 aliphatic heterocycles. The van der Waals surface area contributed by atoms with Crippen LogP contribution in [0.1, 0.15) is 35.0 Å². The molecule has 2 heterocycles. The normalized spacial score (nSPS) is 16.2. The van der Waals surface area contributed by atoms with Gasteiger partial charge in [-0.15, -0.1) is 0 Å². The summed E-state index contributed by atoms with van der Waals surface area (Å²) in [6.45, 7) is 2.02. The lowest BCUT2D eigenvalue weighted by Gasteiger charge is -2.29. The predicted molar refractivity (Wildman–Crippen MR) is 109 cm³/mol. The van der Waals surface area contributed by atoms with Crippen molar-refractivity contribution in [2.45, 2.75) is 25.9 Å². The Balaban J connectivity index is 1.90. The maximum absolute atomic E-state index is 6.52. The van der Waals surface area contributed by atoms with Gasteiger partial charge >= 0.3 is 0 Å². The van der Waals surface area contributed by atoms with Crippen LogP contribution in [0.15, 0.2) is 36.4 Å². The van der Waals surface area contributed by atoms with Gasteiger partial charge in [0, 0.05) is 32.3 Å². The number of aromatic nitrogens is 2. The molecule has 0 radical (unpaired) electrons. The molecular formula is C21H23N3OS. The number of imidazole rings is 1. The second-order valence-electron chi connectivity index (χ2n) is 7.07. The van der Waals surface area contributed by atoms with Gasteiger partial charge in [-0.25, -0.2) is 4.98 Å². The molecule has 1 aliphatic rings. The summed E-state index contributed by atoms with van der Waals surface area (Å²) >= 11 is 5.71. The highest BCUT2D eigenvalue weighted by Gasteiger charge is 2.29. The van der Waals surface area contributed by atoms with Crippen molar-refractivity contribution in [2.75, 3.05) is 14.1 Å². The smallest absolute Gasteiger partial charge is 0.151 e. The van der Waals surface area contributed by atoms with Crippen molar-refractivity contribution in [3.05, 3.63) is 58.9 Å². The van der Waals surface area contributed by atoms with Crippen molar-refractivity contribution in [3.8, 4) is 5.75 Å². The summed E-state index contributed by atoms with van der Waals surface area (Å²) in [7, 11) is 6.02. The van der Waals surface area contributed by atoms with Gasteiger partial charge in [-0.3, -0.25) is 0 Å². The fraction of sp³-hybridized carbons (Fsp3) is 0.333. The summed E-state index contributed by atoms with van der Waals surface area (Å²) in [6, 6.07) is 12.6. The van der Waals surface area contributed by atoms with Crippen LogP contribution in [-0.2, 0) is 13.5 Å². The van der Waals surface area contributed by atoms with Crippen LogP contribution >= 0.6 is 12.2 Å². The zero-order valence-electron chi connectivity index (χ0n) is 15.6. The molecule has 1 unspecified atom stereocenters. The first-order valence-corrected chi connectivity index (χ1v) is 9.30. The molecule has 1 aromatic heterocycles. The molecule has 4 nitrogen and oxygen atoms in total. The maximum atomic E-state index is 6.52. The van der Waals surface area contributed by atoms with Crippen LogP contribution in [0.3, 0.4) is 0 Å². The van der Waals surface area contributed by atoms with E-state index in [1.165, 1.54) is 11.1 Å². The van der Waals surface area contributed by atoms with Crippen LogP contribution in [0.25, 0.3) is 11.0 Å². The summed E-state index contributed by atoms with van der Waals surface area (Å²) in [5.74, 6) is 1.87. The largest absolute Gasteiger partial charge is 0.483 e. The molecule has 3 aromatic rings. The highest BCUT2D eigenvalue weighted by molar-refractivity contribution is 7.80. The van der Waals surface area contributed by atoms with Crippen LogP contribution in [0.4, 0.5) is 0 Å². The molecule has 0 amide bonds. The van der Waals surface area contributed by atoms with E-state index < -0.39 is 0 Å². The van der Waals surface area contributed by atoms with Gasteiger partial charge in [-0.1, -0.05) is 42.5 Å². The Bertz CT molecular complexity index is 992. The number of thiocarbonyl (C=S) groups is 1. The lowest BCUT2D eigenvalue weighted by molar-refractivity contribution is 0.179. The average molecular weight is 366 g/mol. The van der Waals surface area contributed by atoms with E-state index in [-0.39, 0.29) is 6.10 Å². The third-order valence-corrected chi connectivity index (χ3v) is 5.77. The molecule has 0 fully saturated rings. The SMILES string of the molecule is Cc1nc2c3c(c(C(=S)N(C)C)cc2n1C)CCC(c1ccccc1)O3. The fourth-order valence-electron chi connectivity index (χ4n) is 3.63. The summed E-state index contributed by atoms with van der Waals surface area (Å²) in [5, 5.41) is 0. The molecule has 0 bridgehead atoms. The van der Waals surface area contributed by atoms with Crippen LogP contribution < -0.4 is 4.74 Å². The Kier molecular flexibility index (Phi) is 4.19. The van der Waals surface area contributed by atoms with Gasteiger partial charge in [0.15, 0.2) is 5.75 Å². The van der Waals surface area contributed by atoms with Crippen LogP contribution in [0.2, 0.25) is 0 Å². The van der Waals surface area contributed by atoms with E-state index >= 15 is 0 Å². The number of fused-ring (bicyclic) bond motifs is 3. The predicted octanol–water partition coefficient (Wildman–Crippen LogP) is 4.19. The summed E-state index contributed by atoms with van der Waals surface area (Å²) in [4.78, 5) is 7.61. The van der Waals surface area contributed by atoms with E-state index in [9.17, 15) is 0 Å². The van der Waals surface area contributed by atoms with Gasteiger partial charge in [-0.2, -0.15) is 0 Å². The molecule has 134 valence electrons. The first kappa shape index (κ1) is 17.0. The summed E-state index contributed by atoms with van der Waals surface area (Å²) < 4.78 is 8.62. The van der Waals surface area contributed by atoms with E-state index in [4.69, 9.17) is 21.9 Å². The van der Waals surface area contributed by atoms with Gasteiger partial charge in [0.25, 0.3) is 0 Å². The minimum absolute atomic E-state index is 0.0531. The standard InChI is InChI=1S/C21H23N3OS/c1-13-22-19-17(24(13)4)12-16(21(26)23(2)3)15-10-11-18(25-20(15)19)14-8-6-5-7-9-14/h5-9,12,18H,10-11H2,1-4H3. The lowest BCUT2D eigenvalue weighted by Crippen LogP contribution is -2.24. The van der Waals surface area contributed by atoms with Crippen LogP contribution in [0.5, 0.6) is 5.75 Å². The molecule has 1 atom stereocenters. The van der Waals surface area contributed by atoms with E-state index in [1.54, 1.807) is 0 Å². The van der Waals surface area contributed by atoms with Crippen molar-refractivity contribution >= 4 is 28.2 Å². The Morgan fingerprint density at radius 2 is 2.00 bits per heavy atom. The van der Waals surface area contributed by atoms with E-state index in [1.807, 2.05) is 39.0 Å². The zero-order valence-corrected chi connectivity index (χ0v) is 16.4. The second kappa shape index (κ2) is 6.40. The third-order valence-electron chi connectivity index (χ3n) is 5.18. The highest BCUT2D eigenvalue weighted by Crippen LogP contribution is 2.42. The molecular weight excluding hydrogens is 342 g/mol. The molecule has 0 saturated carbocycles.